The zero-order chi connectivity index (χ0) is 11.4. The molecular weight excluding hydrogens is 228 g/mol. The Morgan fingerprint density at radius 3 is 3.12 bits per heavy atom. The van der Waals surface area contributed by atoms with Crippen LogP contribution in [-0.2, 0) is 0 Å². The number of halogens is 1. The molecule has 2 rings (SSSR count). The lowest BCUT2D eigenvalue weighted by atomic mass is 10.1. The third kappa shape index (κ3) is 2.77. The Kier molecular flexibility index (Phi) is 3.85. The summed E-state index contributed by atoms with van der Waals surface area (Å²) in [6.07, 6.45) is 4.97. The summed E-state index contributed by atoms with van der Waals surface area (Å²) in [5.74, 6) is -0.175. The van der Waals surface area contributed by atoms with Gasteiger partial charge in [-0.05, 0) is 37.1 Å². The fourth-order valence-electron chi connectivity index (χ4n) is 1.87. The molecule has 4 nitrogen and oxygen atoms in total. The van der Waals surface area contributed by atoms with Crippen molar-refractivity contribution >= 4 is 17.5 Å². The zero-order valence-corrected chi connectivity index (χ0v) is 9.72. The Morgan fingerprint density at radius 2 is 2.50 bits per heavy atom. The summed E-state index contributed by atoms with van der Waals surface area (Å²) < 4.78 is 4.87. The Hall–Kier alpha value is -1.00. The second-order valence-corrected chi connectivity index (χ2v) is 4.31. The van der Waals surface area contributed by atoms with Crippen molar-refractivity contribution in [3.63, 3.8) is 0 Å². The van der Waals surface area contributed by atoms with E-state index in [9.17, 15) is 4.79 Å². The molecule has 0 saturated carbocycles. The maximum atomic E-state index is 11.7. The molecule has 0 spiro atoms. The van der Waals surface area contributed by atoms with Gasteiger partial charge in [0, 0.05) is 12.6 Å². The van der Waals surface area contributed by atoms with E-state index in [0.717, 1.165) is 13.0 Å². The molecule has 0 aliphatic carbocycles. The van der Waals surface area contributed by atoms with Crippen LogP contribution in [0, 0.1) is 0 Å². The van der Waals surface area contributed by atoms with Gasteiger partial charge in [0.2, 0.25) is 5.22 Å². The molecule has 1 unspecified atom stereocenters. The summed E-state index contributed by atoms with van der Waals surface area (Å²) >= 11 is 5.71. The molecule has 0 bridgehead atoms. The first kappa shape index (κ1) is 11.5. The van der Waals surface area contributed by atoms with E-state index < -0.39 is 0 Å². The molecule has 5 heteroatoms. The smallest absolute Gasteiger partial charge is 0.256 e. The SMILES string of the molecule is O=C(NCC1CCCCN1)c1ccoc1Cl. The molecular formula is C11H15ClN2O2. The van der Waals surface area contributed by atoms with Crippen molar-refractivity contribution in [2.75, 3.05) is 13.1 Å². The standard InChI is InChI=1S/C11H15ClN2O2/c12-10-9(4-6-16-10)11(15)14-7-8-3-1-2-5-13-8/h4,6,8,13H,1-3,5,7H2,(H,14,15). The van der Waals surface area contributed by atoms with Gasteiger partial charge in [-0.3, -0.25) is 4.79 Å². The molecule has 88 valence electrons. The number of hydrogen-bond acceptors (Lipinski definition) is 3. The van der Waals surface area contributed by atoms with Gasteiger partial charge >= 0.3 is 0 Å². The van der Waals surface area contributed by atoms with Crippen LogP contribution in [0.25, 0.3) is 0 Å². The number of nitrogens with one attached hydrogen (secondary N) is 2. The van der Waals surface area contributed by atoms with Gasteiger partial charge < -0.3 is 15.1 Å². The number of rotatable bonds is 3. The molecule has 1 saturated heterocycles. The van der Waals surface area contributed by atoms with Crippen molar-refractivity contribution in [1.82, 2.24) is 10.6 Å². The normalized spacial score (nSPS) is 20.7. The summed E-state index contributed by atoms with van der Waals surface area (Å²) in [4.78, 5) is 11.7. The highest BCUT2D eigenvalue weighted by molar-refractivity contribution is 6.32. The van der Waals surface area contributed by atoms with Gasteiger partial charge in [-0.2, -0.15) is 0 Å². The first-order valence-corrected chi connectivity index (χ1v) is 5.90. The Bertz CT molecular complexity index is 359. The minimum Gasteiger partial charge on any atom is -0.452 e. The van der Waals surface area contributed by atoms with Crippen molar-refractivity contribution in [3.8, 4) is 0 Å². The van der Waals surface area contributed by atoms with Crippen molar-refractivity contribution in [2.24, 2.45) is 0 Å². The molecule has 1 fully saturated rings. The van der Waals surface area contributed by atoms with Gasteiger partial charge in [0.25, 0.3) is 5.91 Å². The molecule has 1 amide bonds. The van der Waals surface area contributed by atoms with Crippen LogP contribution in [0.1, 0.15) is 29.6 Å². The van der Waals surface area contributed by atoms with Gasteiger partial charge in [0.15, 0.2) is 0 Å². The lowest BCUT2D eigenvalue weighted by Crippen LogP contribution is -2.43. The van der Waals surface area contributed by atoms with Crippen LogP contribution in [0.4, 0.5) is 0 Å². The Morgan fingerprint density at radius 1 is 1.62 bits per heavy atom. The fraction of sp³-hybridized carbons (Fsp3) is 0.545. The second-order valence-electron chi connectivity index (χ2n) is 3.96. The average Bonchev–Trinajstić information content (AvgIpc) is 2.74. The fourth-order valence-corrected chi connectivity index (χ4v) is 2.07. The molecule has 1 aromatic rings. The van der Waals surface area contributed by atoms with E-state index in [1.165, 1.54) is 19.1 Å². The van der Waals surface area contributed by atoms with Crippen molar-refractivity contribution in [2.45, 2.75) is 25.3 Å². The summed E-state index contributed by atoms with van der Waals surface area (Å²) in [5.41, 5.74) is 0.400. The van der Waals surface area contributed by atoms with Crippen molar-refractivity contribution in [3.05, 3.63) is 23.1 Å². The van der Waals surface area contributed by atoms with E-state index in [2.05, 4.69) is 10.6 Å². The average molecular weight is 243 g/mol. The van der Waals surface area contributed by atoms with Crippen molar-refractivity contribution < 1.29 is 9.21 Å². The predicted octanol–water partition coefficient (Wildman–Crippen LogP) is 1.80. The van der Waals surface area contributed by atoms with E-state index in [4.69, 9.17) is 16.0 Å². The van der Waals surface area contributed by atoms with Gasteiger partial charge in [-0.25, -0.2) is 0 Å². The van der Waals surface area contributed by atoms with E-state index in [-0.39, 0.29) is 11.1 Å². The van der Waals surface area contributed by atoms with Crippen LogP contribution in [0.2, 0.25) is 5.22 Å². The lowest BCUT2D eigenvalue weighted by Gasteiger charge is -2.23. The number of hydrogen-bond donors (Lipinski definition) is 2. The molecule has 0 aromatic carbocycles. The monoisotopic (exact) mass is 242 g/mol. The van der Waals surface area contributed by atoms with Crippen LogP contribution < -0.4 is 10.6 Å². The molecule has 1 aromatic heterocycles. The number of carbonyl (C=O) groups is 1. The zero-order valence-electron chi connectivity index (χ0n) is 8.96. The van der Waals surface area contributed by atoms with E-state index in [1.54, 1.807) is 6.07 Å². The molecule has 0 radical (unpaired) electrons. The quantitative estimate of drug-likeness (QED) is 0.850. The van der Waals surface area contributed by atoms with E-state index in [0.29, 0.717) is 18.2 Å². The molecule has 1 aliphatic heterocycles. The summed E-state index contributed by atoms with van der Waals surface area (Å²) in [6.45, 7) is 1.67. The summed E-state index contributed by atoms with van der Waals surface area (Å²) in [6, 6.07) is 1.95. The van der Waals surface area contributed by atoms with Gasteiger partial charge in [0.1, 0.15) is 0 Å². The van der Waals surface area contributed by atoms with E-state index >= 15 is 0 Å². The van der Waals surface area contributed by atoms with Gasteiger partial charge in [-0.1, -0.05) is 6.42 Å². The van der Waals surface area contributed by atoms with Crippen LogP contribution in [0.3, 0.4) is 0 Å². The highest BCUT2D eigenvalue weighted by Crippen LogP contribution is 2.16. The number of amides is 1. The third-order valence-corrected chi connectivity index (χ3v) is 3.08. The van der Waals surface area contributed by atoms with Crippen LogP contribution in [0.5, 0.6) is 0 Å². The molecule has 1 atom stereocenters. The number of piperidine rings is 1. The molecule has 1 aliphatic rings. The minimum absolute atomic E-state index is 0.147. The second kappa shape index (κ2) is 5.37. The molecule has 16 heavy (non-hydrogen) atoms. The van der Waals surface area contributed by atoms with Crippen LogP contribution in [-0.4, -0.2) is 25.0 Å². The first-order chi connectivity index (χ1) is 7.77. The van der Waals surface area contributed by atoms with Crippen LogP contribution >= 0.6 is 11.6 Å². The van der Waals surface area contributed by atoms with Gasteiger partial charge in [0.05, 0.1) is 11.8 Å². The minimum atomic E-state index is -0.175. The largest absolute Gasteiger partial charge is 0.452 e. The maximum Gasteiger partial charge on any atom is 0.256 e. The third-order valence-electron chi connectivity index (χ3n) is 2.78. The predicted molar refractivity (Wildman–Crippen MR) is 61.7 cm³/mol. The highest BCUT2D eigenvalue weighted by Gasteiger charge is 2.16. The highest BCUT2D eigenvalue weighted by atomic mass is 35.5. The van der Waals surface area contributed by atoms with Crippen molar-refractivity contribution in [1.29, 1.82) is 0 Å². The Balaban J connectivity index is 1.81. The molecule has 2 heterocycles. The van der Waals surface area contributed by atoms with Gasteiger partial charge in [-0.15, -0.1) is 0 Å². The summed E-state index contributed by atoms with van der Waals surface area (Å²) in [5, 5.41) is 6.36. The lowest BCUT2D eigenvalue weighted by molar-refractivity contribution is 0.0947. The first-order valence-electron chi connectivity index (χ1n) is 5.52. The van der Waals surface area contributed by atoms with E-state index in [1.807, 2.05) is 0 Å². The maximum absolute atomic E-state index is 11.7. The number of furan rings is 1. The molecule has 2 N–H and O–H groups in total. The number of carbonyl (C=O) groups excluding carboxylic acids is 1. The van der Waals surface area contributed by atoms with Crippen LogP contribution in [0.15, 0.2) is 16.7 Å². The topological polar surface area (TPSA) is 54.3 Å². The summed E-state index contributed by atoms with van der Waals surface area (Å²) in [7, 11) is 0. The Labute approximate surface area is 99.3 Å².